The molecule has 0 bridgehead atoms. The number of aryl methyl sites for hydroxylation is 1. The molecule has 0 aliphatic rings. The summed E-state index contributed by atoms with van der Waals surface area (Å²) in [7, 11) is 0. The summed E-state index contributed by atoms with van der Waals surface area (Å²) in [5.74, 6) is 5.58. The van der Waals surface area contributed by atoms with Gasteiger partial charge in [0.25, 0.3) is 0 Å². The number of carbonyl (C=O) groups excluding carboxylic acids is 1. The molecule has 0 spiro atoms. The van der Waals surface area contributed by atoms with Gasteiger partial charge in [-0.15, -0.1) is 0 Å². The predicted octanol–water partition coefficient (Wildman–Crippen LogP) is 1.28. The fraction of sp³-hybridized carbons (Fsp3) is 0.333. The standard InChI is InChI=1S/C12H14N2O2/c1-3-16-12(15)6-4-5-10-7-9(2)8-11(13)14-10/h7-8H,3,6H2,1-2H3,(H2,13,14). The van der Waals surface area contributed by atoms with Gasteiger partial charge in [0.15, 0.2) is 0 Å². The molecule has 0 atom stereocenters. The Labute approximate surface area is 94.8 Å². The number of nitrogens with two attached hydrogens (primary N) is 1. The highest BCUT2D eigenvalue weighted by molar-refractivity contribution is 5.72. The number of nitrogens with zero attached hydrogens (tertiary/aromatic N) is 1. The Morgan fingerprint density at radius 1 is 1.56 bits per heavy atom. The number of rotatable bonds is 2. The summed E-state index contributed by atoms with van der Waals surface area (Å²) in [5.41, 5.74) is 7.13. The summed E-state index contributed by atoms with van der Waals surface area (Å²) in [5, 5.41) is 0. The van der Waals surface area contributed by atoms with Crippen LogP contribution in [0, 0.1) is 18.8 Å². The summed E-state index contributed by atoms with van der Waals surface area (Å²) in [4.78, 5) is 15.0. The number of anilines is 1. The van der Waals surface area contributed by atoms with Gasteiger partial charge in [0.2, 0.25) is 0 Å². The van der Waals surface area contributed by atoms with E-state index in [2.05, 4.69) is 16.8 Å². The van der Waals surface area contributed by atoms with E-state index < -0.39 is 0 Å². The minimum atomic E-state index is -0.323. The fourth-order valence-electron chi connectivity index (χ4n) is 1.18. The monoisotopic (exact) mass is 218 g/mol. The van der Waals surface area contributed by atoms with Crippen molar-refractivity contribution in [3.05, 3.63) is 23.4 Å². The van der Waals surface area contributed by atoms with Crippen LogP contribution in [0.15, 0.2) is 12.1 Å². The normalized spacial score (nSPS) is 9.12. The van der Waals surface area contributed by atoms with Crippen molar-refractivity contribution in [2.45, 2.75) is 20.3 Å². The molecule has 0 aliphatic carbocycles. The van der Waals surface area contributed by atoms with Crippen LogP contribution in [0.1, 0.15) is 24.6 Å². The molecular formula is C12H14N2O2. The topological polar surface area (TPSA) is 65.2 Å². The van der Waals surface area contributed by atoms with Crippen LogP contribution in [0.25, 0.3) is 0 Å². The molecule has 1 aromatic heterocycles. The molecule has 16 heavy (non-hydrogen) atoms. The zero-order valence-corrected chi connectivity index (χ0v) is 9.41. The number of aromatic nitrogens is 1. The van der Waals surface area contributed by atoms with E-state index in [1.165, 1.54) is 0 Å². The molecular weight excluding hydrogens is 204 g/mol. The molecule has 4 heteroatoms. The van der Waals surface area contributed by atoms with Gasteiger partial charge < -0.3 is 10.5 Å². The number of ether oxygens (including phenoxy) is 1. The van der Waals surface area contributed by atoms with Crippen molar-refractivity contribution in [1.82, 2.24) is 4.98 Å². The van der Waals surface area contributed by atoms with E-state index in [4.69, 9.17) is 10.5 Å². The first kappa shape index (κ1) is 12.1. The molecule has 2 N–H and O–H groups in total. The Kier molecular flexibility index (Phi) is 4.34. The van der Waals surface area contributed by atoms with Crippen molar-refractivity contribution < 1.29 is 9.53 Å². The molecule has 0 saturated carbocycles. The maximum absolute atomic E-state index is 11.0. The van der Waals surface area contributed by atoms with Crippen LogP contribution in [-0.4, -0.2) is 17.6 Å². The van der Waals surface area contributed by atoms with Crippen LogP contribution < -0.4 is 5.73 Å². The third-order valence-electron chi connectivity index (χ3n) is 1.74. The summed E-state index contributed by atoms with van der Waals surface area (Å²) >= 11 is 0. The SMILES string of the molecule is CCOC(=O)CC#Cc1cc(C)cc(N)n1. The highest BCUT2D eigenvalue weighted by Gasteiger charge is 1.97. The number of esters is 1. The summed E-state index contributed by atoms with van der Waals surface area (Å²) in [6.45, 7) is 4.04. The molecule has 0 saturated heterocycles. The van der Waals surface area contributed by atoms with Crippen molar-refractivity contribution in [3.63, 3.8) is 0 Å². The lowest BCUT2D eigenvalue weighted by Gasteiger charge is -1.97. The number of hydrogen-bond donors (Lipinski definition) is 1. The lowest BCUT2D eigenvalue weighted by Crippen LogP contribution is -2.01. The van der Waals surface area contributed by atoms with Crippen LogP contribution in [0.4, 0.5) is 5.82 Å². The Morgan fingerprint density at radius 2 is 2.31 bits per heavy atom. The predicted molar refractivity (Wildman–Crippen MR) is 61.5 cm³/mol. The van der Waals surface area contributed by atoms with Crippen LogP contribution >= 0.6 is 0 Å². The highest BCUT2D eigenvalue weighted by Crippen LogP contribution is 2.04. The minimum absolute atomic E-state index is 0.0728. The smallest absolute Gasteiger partial charge is 0.317 e. The quantitative estimate of drug-likeness (QED) is 0.599. The zero-order chi connectivity index (χ0) is 12.0. The van der Waals surface area contributed by atoms with Crippen molar-refractivity contribution in [1.29, 1.82) is 0 Å². The molecule has 1 heterocycles. The Hall–Kier alpha value is -2.02. The molecule has 1 rings (SSSR count). The summed E-state index contributed by atoms with van der Waals surface area (Å²) < 4.78 is 4.74. The average Bonchev–Trinajstić information content (AvgIpc) is 2.16. The van der Waals surface area contributed by atoms with Gasteiger partial charge in [-0.3, -0.25) is 4.79 Å². The molecule has 0 aromatic carbocycles. The second-order valence-corrected chi connectivity index (χ2v) is 3.24. The van der Waals surface area contributed by atoms with Gasteiger partial charge in [0, 0.05) is 0 Å². The number of hydrogen-bond acceptors (Lipinski definition) is 4. The van der Waals surface area contributed by atoms with Gasteiger partial charge in [-0.05, 0) is 37.5 Å². The van der Waals surface area contributed by atoms with E-state index in [9.17, 15) is 4.79 Å². The second kappa shape index (κ2) is 5.76. The van der Waals surface area contributed by atoms with E-state index in [1.54, 1.807) is 13.0 Å². The van der Waals surface area contributed by atoms with Crippen LogP contribution in [0.2, 0.25) is 0 Å². The minimum Gasteiger partial charge on any atom is -0.465 e. The summed E-state index contributed by atoms with van der Waals surface area (Å²) in [6, 6.07) is 3.57. The molecule has 1 aromatic rings. The van der Waals surface area contributed by atoms with E-state index in [-0.39, 0.29) is 12.4 Å². The first-order valence-corrected chi connectivity index (χ1v) is 5.00. The zero-order valence-electron chi connectivity index (χ0n) is 9.41. The van der Waals surface area contributed by atoms with Gasteiger partial charge in [-0.1, -0.05) is 5.92 Å². The maximum Gasteiger partial charge on any atom is 0.317 e. The molecule has 84 valence electrons. The molecule has 4 nitrogen and oxygen atoms in total. The fourth-order valence-corrected chi connectivity index (χ4v) is 1.18. The Balaban J connectivity index is 2.66. The number of carbonyl (C=O) groups is 1. The average molecular weight is 218 g/mol. The van der Waals surface area contributed by atoms with Gasteiger partial charge in [-0.2, -0.15) is 0 Å². The molecule has 0 unspecified atom stereocenters. The lowest BCUT2D eigenvalue weighted by molar-refractivity contribution is -0.141. The van der Waals surface area contributed by atoms with Crippen LogP contribution in [0.3, 0.4) is 0 Å². The number of nitrogen functional groups attached to an aromatic ring is 1. The maximum atomic E-state index is 11.0. The van der Waals surface area contributed by atoms with Crippen LogP contribution in [-0.2, 0) is 9.53 Å². The highest BCUT2D eigenvalue weighted by atomic mass is 16.5. The Morgan fingerprint density at radius 3 is 2.94 bits per heavy atom. The van der Waals surface area contributed by atoms with Gasteiger partial charge in [-0.25, -0.2) is 4.98 Å². The molecule has 0 fully saturated rings. The Bertz CT molecular complexity index is 424. The molecule has 0 radical (unpaired) electrons. The third-order valence-corrected chi connectivity index (χ3v) is 1.74. The van der Waals surface area contributed by atoms with Gasteiger partial charge >= 0.3 is 5.97 Å². The molecule has 0 amide bonds. The van der Waals surface area contributed by atoms with Gasteiger partial charge in [0.05, 0.1) is 6.61 Å². The largest absolute Gasteiger partial charge is 0.465 e. The third kappa shape index (κ3) is 4.01. The van der Waals surface area contributed by atoms with Crippen molar-refractivity contribution in [2.24, 2.45) is 0 Å². The summed E-state index contributed by atoms with van der Waals surface area (Å²) in [6.07, 6.45) is 0.0728. The first-order chi connectivity index (χ1) is 7.61. The first-order valence-electron chi connectivity index (χ1n) is 5.00. The lowest BCUT2D eigenvalue weighted by atomic mass is 10.2. The van der Waals surface area contributed by atoms with Crippen LogP contribution in [0.5, 0.6) is 0 Å². The van der Waals surface area contributed by atoms with Crippen molar-refractivity contribution >= 4 is 11.8 Å². The van der Waals surface area contributed by atoms with E-state index in [1.807, 2.05) is 13.0 Å². The van der Waals surface area contributed by atoms with E-state index in [0.29, 0.717) is 18.1 Å². The number of pyridine rings is 1. The van der Waals surface area contributed by atoms with E-state index >= 15 is 0 Å². The van der Waals surface area contributed by atoms with Gasteiger partial charge in [0.1, 0.15) is 17.9 Å². The molecule has 0 aliphatic heterocycles. The second-order valence-electron chi connectivity index (χ2n) is 3.24. The van der Waals surface area contributed by atoms with Crippen molar-refractivity contribution in [3.8, 4) is 11.8 Å². The van der Waals surface area contributed by atoms with E-state index in [0.717, 1.165) is 5.56 Å². The van der Waals surface area contributed by atoms with Crippen molar-refractivity contribution in [2.75, 3.05) is 12.3 Å².